The zero-order valence-corrected chi connectivity index (χ0v) is 14.7. The molecule has 0 saturated carbocycles. The van der Waals surface area contributed by atoms with Crippen LogP contribution in [-0.4, -0.2) is 59.8 Å². The Hall–Kier alpha value is -2.08. The summed E-state index contributed by atoms with van der Waals surface area (Å²) in [6, 6.07) is 3.20. The fraction of sp³-hybridized carbons (Fsp3) is 0.556. The molecule has 132 valence electrons. The molecule has 2 N–H and O–H groups in total. The van der Waals surface area contributed by atoms with Crippen LogP contribution in [0.2, 0.25) is 0 Å². The van der Waals surface area contributed by atoms with Crippen LogP contribution in [-0.2, 0) is 4.79 Å². The van der Waals surface area contributed by atoms with E-state index in [9.17, 15) is 15.0 Å². The van der Waals surface area contributed by atoms with E-state index in [4.69, 9.17) is 0 Å². The number of phenols is 2. The number of carbonyl (C=O) groups is 1. The van der Waals surface area contributed by atoms with Gasteiger partial charge in [0.15, 0.2) is 5.78 Å². The predicted molar refractivity (Wildman–Crippen MR) is 96.7 cm³/mol. The molecule has 6 nitrogen and oxygen atoms in total. The molecular formula is C18H27N3O3. The molecule has 1 fully saturated rings. The average Bonchev–Trinajstić information content (AvgIpc) is 2.53. The molecule has 1 aromatic carbocycles. The first kappa shape index (κ1) is 18.3. The molecule has 1 saturated heterocycles. The number of nitrogens with zero attached hydrogens (tertiary/aromatic N) is 3. The van der Waals surface area contributed by atoms with Gasteiger partial charge in [-0.1, -0.05) is 20.8 Å². The lowest BCUT2D eigenvalue weighted by Gasteiger charge is -2.37. The highest BCUT2D eigenvalue weighted by atomic mass is 16.3. The Morgan fingerprint density at radius 2 is 1.79 bits per heavy atom. The summed E-state index contributed by atoms with van der Waals surface area (Å²) in [5, 5.41) is 20.3. The van der Waals surface area contributed by atoms with Gasteiger partial charge >= 0.3 is 0 Å². The second-order valence-corrected chi connectivity index (χ2v) is 6.59. The van der Waals surface area contributed by atoms with E-state index in [-0.39, 0.29) is 23.0 Å². The molecule has 2 rings (SSSR count). The third-order valence-corrected chi connectivity index (χ3v) is 4.10. The van der Waals surface area contributed by atoms with Crippen LogP contribution in [0.5, 0.6) is 11.5 Å². The minimum absolute atomic E-state index is 0.0407. The highest BCUT2D eigenvalue weighted by Gasteiger charge is 2.20. The van der Waals surface area contributed by atoms with Crippen molar-refractivity contribution in [1.82, 2.24) is 4.90 Å². The summed E-state index contributed by atoms with van der Waals surface area (Å²) >= 11 is 0. The van der Waals surface area contributed by atoms with E-state index < -0.39 is 0 Å². The van der Waals surface area contributed by atoms with Gasteiger partial charge in [0.2, 0.25) is 0 Å². The zero-order valence-electron chi connectivity index (χ0n) is 14.7. The Bertz CT molecular complexity index is 583. The number of aliphatic imine (C=N–C) groups is 1. The van der Waals surface area contributed by atoms with Gasteiger partial charge in [-0.25, -0.2) is 4.99 Å². The van der Waals surface area contributed by atoms with Crippen LogP contribution in [0.4, 0.5) is 11.4 Å². The fourth-order valence-corrected chi connectivity index (χ4v) is 2.84. The maximum atomic E-state index is 11.3. The van der Waals surface area contributed by atoms with E-state index >= 15 is 0 Å². The monoisotopic (exact) mass is 333 g/mol. The van der Waals surface area contributed by atoms with Crippen LogP contribution in [0.25, 0.3) is 0 Å². The molecule has 0 aliphatic carbocycles. The van der Waals surface area contributed by atoms with E-state index in [0.717, 1.165) is 44.6 Å². The molecule has 0 aromatic heterocycles. The number of ketones is 1. The number of Topliss-reactive ketones (excluding diaryl/α,β-unsaturated/α-hetero) is 1. The van der Waals surface area contributed by atoms with Crippen molar-refractivity contribution in [2.24, 2.45) is 10.9 Å². The van der Waals surface area contributed by atoms with Crippen molar-refractivity contribution in [2.75, 3.05) is 37.6 Å². The minimum Gasteiger partial charge on any atom is -0.505 e. The third-order valence-electron chi connectivity index (χ3n) is 4.10. The molecule has 24 heavy (non-hydrogen) atoms. The molecular weight excluding hydrogens is 306 g/mol. The van der Waals surface area contributed by atoms with Crippen LogP contribution in [0.3, 0.4) is 0 Å². The van der Waals surface area contributed by atoms with Crippen molar-refractivity contribution < 1.29 is 15.0 Å². The molecule has 0 bridgehead atoms. The lowest BCUT2D eigenvalue weighted by Crippen LogP contribution is -2.47. The molecule has 6 heteroatoms. The van der Waals surface area contributed by atoms with E-state index in [2.05, 4.69) is 28.6 Å². The Kier molecular flexibility index (Phi) is 6.20. The summed E-state index contributed by atoms with van der Waals surface area (Å²) in [4.78, 5) is 19.8. The van der Waals surface area contributed by atoms with Gasteiger partial charge in [-0.05, 0) is 5.92 Å². The van der Waals surface area contributed by atoms with E-state index in [1.54, 1.807) is 19.1 Å². The minimum atomic E-state index is -0.154. The summed E-state index contributed by atoms with van der Waals surface area (Å²) in [7, 11) is 0. The average molecular weight is 333 g/mol. The van der Waals surface area contributed by atoms with Gasteiger partial charge in [0.05, 0.1) is 6.21 Å². The first-order valence-corrected chi connectivity index (χ1v) is 8.50. The van der Waals surface area contributed by atoms with Gasteiger partial charge in [0.25, 0.3) is 0 Å². The first-order valence-electron chi connectivity index (χ1n) is 8.50. The van der Waals surface area contributed by atoms with Crippen molar-refractivity contribution in [3.05, 3.63) is 12.1 Å². The lowest BCUT2D eigenvalue weighted by molar-refractivity contribution is -0.112. The van der Waals surface area contributed by atoms with E-state index in [1.165, 1.54) is 0 Å². The van der Waals surface area contributed by atoms with Crippen LogP contribution < -0.4 is 4.90 Å². The summed E-state index contributed by atoms with van der Waals surface area (Å²) in [5.74, 6) is 0.260. The largest absolute Gasteiger partial charge is 0.505 e. The Morgan fingerprint density at radius 3 is 2.29 bits per heavy atom. The van der Waals surface area contributed by atoms with Crippen LogP contribution in [0.15, 0.2) is 17.1 Å². The second-order valence-electron chi connectivity index (χ2n) is 6.59. The number of carbonyl (C=O) groups excluding carboxylic acids is 1. The molecule has 0 radical (unpaired) electrons. The normalized spacial score (nSPS) is 16.2. The number of phenolic OH excluding ortho intramolecular Hbond substituents is 2. The van der Waals surface area contributed by atoms with Crippen LogP contribution in [0.1, 0.15) is 27.2 Å². The maximum Gasteiger partial charge on any atom is 0.173 e. The zero-order chi connectivity index (χ0) is 17.7. The number of benzene rings is 1. The van der Waals surface area contributed by atoms with Crippen molar-refractivity contribution in [1.29, 1.82) is 0 Å². The highest BCUT2D eigenvalue weighted by molar-refractivity contribution is 6.28. The van der Waals surface area contributed by atoms with E-state index in [1.807, 2.05) is 0 Å². The third kappa shape index (κ3) is 4.71. The SMILES string of the molecule is CCC(=O)C=Nc1c(O)cc(N2CCN(CC(C)C)CC2)cc1O. The predicted octanol–water partition coefficient (Wildman–Crippen LogP) is 2.56. The Labute approximate surface area is 143 Å². The van der Waals surface area contributed by atoms with Gasteiger partial charge in [-0.15, -0.1) is 0 Å². The summed E-state index contributed by atoms with van der Waals surface area (Å²) < 4.78 is 0. The second kappa shape index (κ2) is 8.15. The Morgan fingerprint density at radius 1 is 1.21 bits per heavy atom. The lowest BCUT2D eigenvalue weighted by atomic mass is 10.1. The maximum absolute atomic E-state index is 11.3. The highest BCUT2D eigenvalue weighted by Crippen LogP contribution is 2.40. The van der Waals surface area contributed by atoms with Gasteiger partial charge in [-0.3, -0.25) is 9.69 Å². The smallest absolute Gasteiger partial charge is 0.173 e. The van der Waals surface area contributed by atoms with Crippen molar-refractivity contribution >= 4 is 23.4 Å². The molecule has 1 aromatic rings. The summed E-state index contributed by atoms with van der Waals surface area (Å²) in [6.07, 6.45) is 1.48. The fourth-order valence-electron chi connectivity index (χ4n) is 2.84. The van der Waals surface area contributed by atoms with E-state index in [0.29, 0.717) is 12.3 Å². The topological polar surface area (TPSA) is 76.4 Å². The summed E-state index contributed by atoms with van der Waals surface area (Å²) in [6.45, 7) is 10.9. The van der Waals surface area contributed by atoms with Crippen molar-refractivity contribution in [3.8, 4) is 11.5 Å². The first-order chi connectivity index (χ1) is 11.4. The quantitative estimate of drug-likeness (QED) is 0.783. The Balaban J connectivity index is 2.08. The molecule has 0 spiro atoms. The molecule has 1 heterocycles. The number of hydrogen-bond acceptors (Lipinski definition) is 6. The van der Waals surface area contributed by atoms with Gasteiger partial charge in [0.1, 0.15) is 17.2 Å². The molecule has 0 unspecified atom stereocenters. The number of piperazine rings is 1. The molecule has 0 amide bonds. The molecule has 0 atom stereocenters. The standard InChI is InChI=1S/C18H27N3O3/c1-4-15(22)11-19-18-16(23)9-14(10-17(18)24)21-7-5-20(6-8-21)12-13(2)3/h9-11,13,23-24H,4-8,12H2,1-3H3. The van der Waals surface area contributed by atoms with Crippen molar-refractivity contribution in [3.63, 3.8) is 0 Å². The number of anilines is 1. The number of hydrogen-bond donors (Lipinski definition) is 2. The number of aromatic hydroxyl groups is 2. The summed E-state index contributed by atoms with van der Waals surface area (Å²) in [5.41, 5.74) is 0.814. The van der Waals surface area contributed by atoms with Gasteiger partial charge in [-0.2, -0.15) is 0 Å². The van der Waals surface area contributed by atoms with Crippen LogP contribution >= 0.6 is 0 Å². The van der Waals surface area contributed by atoms with Gasteiger partial charge < -0.3 is 15.1 Å². The molecule has 1 aliphatic heterocycles. The number of rotatable bonds is 6. The van der Waals surface area contributed by atoms with Crippen molar-refractivity contribution in [2.45, 2.75) is 27.2 Å². The van der Waals surface area contributed by atoms with Crippen LogP contribution in [0, 0.1) is 5.92 Å². The van der Waals surface area contributed by atoms with Gasteiger partial charge in [0, 0.05) is 57.0 Å². The molecule has 1 aliphatic rings.